The number of morpholine rings is 1. The summed E-state index contributed by atoms with van der Waals surface area (Å²) in [7, 11) is 0. The molecule has 0 aromatic heterocycles. The normalized spacial score (nSPS) is 19.9. The molecule has 0 amide bonds. The monoisotopic (exact) mass is 397 g/mol. The third kappa shape index (κ3) is 2.43. The summed E-state index contributed by atoms with van der Waals surface area (Å²) < 4.78 is 7.89. The third-order valence-corrected chi connectivity index (χ3v) is 5.05. The van der Waals surface area contributed by atoms with Crippen LogP contribution in [0.5, 0.6) is 0 Å². The Bertz CT molecular complexity index is 650. The number of quaternary nitrogens is 1. The molecule has 2 aromatic carbocycles. The topological polar surface area (TPSA) is 9.23 Å². The molecular weight excluding hydrogens is 382 g/mol. The van der Waals surface area contributed by atoms with Gasteiger partial charge in [0.25, 0.3) is 0 Å². The summed E-state index contributed by atoms with van der Waals surface area (Å²) in [6.07, 6.45) is 0. The van der Waals surface area contributed by atoms with Gasteiger partial charge in [-0.2, -0.15) is 0 Å². The van der Waals surface area contributed by atoms with E-state index in [4.69, 9.17) is 4.74 Å². The molecule has 20 heavy (non-hydrogen) atoms. The molecule has 4 rings (SSSR count). The predicted molar refractivity (Wildman–Crippen MR) is 79.9 cm³/mol. The number of hydrogen-bond donors (Lipinski definition) is 0. The van der Waals surface area contributed by atoms with Gasteiger partial charge in [-0.05, 0) is 35.0 Å². The smallest absolute Gasteiger partial charge is 0.105 e. The largest absolute Gasteiger partial charge is 1.00 e. The zero-order valence-electron chi connectivity index (χ0n) is 11.2. The summed E-state index contributed by atoms with van der Waals surface area (Å²) in [6, 6.07) is 11.3. The molecule has 2 nitrogen and oxygen atoms in total. The molecule has 0 aliphatic carbocycles. The minimum Gasteiger partial charge on any atom is -1.00 e. The van der Waals surface area contributed by atoms with Crippen molar-refractivity contribution in [1.82, 2.24) is 0 Å². The highest BCUT2D eigenvalue weighted by atomic mass is 79.9. The van der Waals surface area contributed by atoms with Crippen LogP contribution in [0.25, 0.3) is 10.8 Å². The molecule has 2 heterocycles. The molecule has 0 bridgehead atoms. The second kappa shape index (κ2) is 5.41. The van der Waals surface area contributed by atoms with E-state index in [1.165, 1.54) is 39.5 Å². The van der Waals surface area contributed by atoms with Crippen molar-refractivity contribution in [2.75, 3.05) is 26.3 Å². The van der Waals surface area contributed by atoms with E-state index in [0.717, 1.165) is 30.8 Å². The third-order valence-electron chi connectivity index (χ3n) is 4.55. The second-order valence-electron chi connectivity index (χ2n) is 5.83. The molecule has 2 aliphatic heterocycles. The molecule has 1 saturated heterocycles. The van der Waals surface area contributed by atoms with Gasteiger partial charge in [0, 0.05) is 15.6 Å². The molecule has 1 spiro atoms. The highest BCUT2D eigenvalue weighted by Crippen LogP contribution is 2.34. The first-order chi connectivity index (χ1) is 9.24. The van der Waals surface area contributed by atoms with E-state index in [2.05, 4.69) is 46.3 Å². The van der Waals surface area contributed by atoms with Gasteiger partial charge in [-0.25, -0.2) is 0 Å². The SMILES string of the molecule is Brc1ccc2cc3c(cc2c1)C[N+]1(CCOCC1)C3.[Br-]. The second-order valence-corrected chi connectivity index (χ2v) is 6.75. The van der Waals surface area contributed by atoms with E-state index in [-0.39, 0.29) is 17.0 Å². The average molecular weight is 399 g/mol. The number of nitrogens with zero attached hydrogens (tertiary/aromatic N) is 1. The van der Waals surface area contributed by atoms with Crippen LogP contribution in [0.2, 0.25) is 0 Å². The van der Waals surface area contributed by atoms with Gasteiger partial charge in [0.1, 0.15) is 26.2 Å². The van der Waals surface area contributed by atoms with Crippen molar-refractivity contribution in [3.63, 3.8) is 0 Å². The minimum atomic E-state index is 0. The van der Waals surface area contributed by atoms with E-state index >= 15 is 0 Å². The quantitative estimate of drug-likeness (QED) is 0.586. The number of rotatable bonds is 0. The summed E-state index contributed by atoms with van der Waals surface area (Å²) in [5.41, 5.74) is 3.07. The number of ether oxygens (including phenoxy) is 1. The Hall–Kier alpha value is -0.420. The van der Waals surface area contributed by atoms with E-state index in [0.29, 0.717) is 0 Å². The Balaban J connectivity index is 0.00000121. The van der Waals surface area contributed by atoms with E-state index in [1.54, 1.807) is 0 Å². The number of hydrogen-bond acceptors (Lipinski definition) is 1. The molecule has 0 saturated carbocycles. The van der Waals surface area contributed by atoms with Crippen LogP contribution >= 0.6 is 15.9 Å². The van der Waals surface area contributed by atoms with Crippen molar-refractivity contribution in [3.05, 3.63) is 45.9 Å². The van der Waals surface area contributed by atoms with E-state index in [9.17, 15) is 0 Å². The molecule has 2 aliphatic rings. The lowest BCUT2D eigenvalue weighted by Gasteiger charge is -2.37. The highest BCUT2D eigenvalue weighted by molar-refractivity contribution is 9.10. The Morgan fingerprint density at radius 1 is 0.900 bits per heavy atom. The van der Waals surface area contributed by atoms with Crippen LogP contribution in [-0.2, 0) is 17.8 Å². The summed E-state index contributed by atoms with van der Waals surface area (Å²) in [4.78, 5) is 0. The van der Waals surface area contributed by atoms with Gasteiger partial charge in [-0.1, -0.05) is 22.0 Å². The first kappa shape index (κ1) is 14.5. The summed E-state index contributed by atoms with van der Waals surface area (Å²) >= 11 is 3.56. The number of benzene rings is 2. The molecule has 0 radical (unpaired) electrons. The van der Waals surface area contributed by atoms with Gasteiger partial charge in [0.05, 0.1) is 13.2 Å². The van der Waals surface area contributed by atoms with E-state index < -0.39 is 0 Å². The zero-order chi connectivity index (χ0) is 12.9. The van der Waals surface area contributed by atoms with Crippen molar-refractivity contribution in [1.29, 1.82) is 0 Å². The first-order valence-electron chi connectivity index (χ1n) is 6.88. The van der Waals surface area contributed by atoms with Crippen LogP contribution in [0.1, 0.15) is 11.1 Å². The maximum absolute atomic E-state index is 5.53. The molecule has 0 unspecified atom stereocenters. The van der Waals surface area contributed by atoms with Crippen LogP contribution < -0.4 is 17.0 Å². The molecule has 2 aromatic rings. The predicted octanol–water partition coefficient (Wildman–Crippen LogP) is 0.467. The lowest BCUT2D eigenvalue weighted by Crippen LogP contribution is -3.00. The number of halogens is 2. The van der Waals surface area contributed by atoms with Crippen molar-refractivity contribution in [2.45, 2.75) is 13.1 Å². The molecule has 0 N–H and O–H groups in total. The maximum Gasteiger partial charge on any atom is 0.105 e. The van der Waals surface area contributed by atoms with Gasteiger partial charge >= 0.3 is 0 Å². The van der Waals surface area contributed by atoms with Crippen molar-refractivity contribution >= 4 is 26.7 Å². The summed E-state index contributed by atoms with van der Waals surface area (Å²) in [5, 5.41) is 2.71. The molecular formula is C16H17Br2NO. The van der Waals surface area contributed by atoms with Crippen LogP contribution in [0.15, 0.2) is 34.8 Å². The fourth-order valence-electron chi connectivity index (χ4n) is 3.48. The standard InChI is InChI=1S/C16H17BrNO.BrH/c17-16-2-1-12-7-14-10-18(3-5-19-6-4-18)11-15(14)8-13(12)9-16;/h1-2,7-9H,3-6,10-11H2;1H/q+1;/p-1. The Morgan fingerprint density at radius 3 is 2.25 bits per heavy atom. The Kier molecular flexibility index (Phi) is 3.93. The first-order valence-corrected chi connectivity index (χ1v) is 7.67. The van der Waals surface area contributed by atoms with Crippen LogP contribution in [-0.4, -0.2) is 30.8 Å². The number of fused-ring (bicyclic) bond motifs is 2. The van der Waals surface area contributed by atoms with Gasteiger partial charge in [0.2, 0.25) is 0 Å². The lowest BCUT2D eigenvalue weighted by atomic mass is 10.0. The molecule has 1 fully saturated rings. The van der Waals surface area contributed by atoms with Crippen molar-refractivity contribution in [3.8, 4) is 0 Å². The fraction of sp³-hybridized carbons (Fsp3) is 0.375. The van der Waals surface area contributed by atoms with Gasteiger partial charge in [-0.15, -0.1) is 0 Å². The summed E-state index contributed by atoms with van der Waals surface area (Å²) in [6.45, 7) is 6.52. The lowest BCUT2D eigenvalue weighted by molar-refractivity contribution is -0.953. The Morgan fingerprint density at radius 2 is 1.55 bits per heavy atom. The van der Waals surface area contributed by atoms with E-state index in [1.807, 2.05) is 0 Å². The molecule has 106 valence electrons. The average Bonchev–Trinajstić information content (AvgIpc) is 2.73. The Labute approximate surface area is 138 Å². The maximum atomic E-state index is 5.53. The zero-order valence-corrected chi connectivity index (χ0v) is 14.4. The van der Waals surface area contributed by atoms with Crippen LogP contribution in [0.4, 0.5) is 0 Å². The molecule has 4 heteroatoms. The summed E-state index contributed by atoms with van der Waals surface area (Å²) in [5.74, 6) is 0. The fourth-order valence-corrected chi connectivity index (χ4v) is 3.86. The van der Waals surface area contributed by atoms with Gasteiger partial charge in [-0.3, -0.25) is 0 Å². The van der Waals surface area contributed by atoms with Gasteiger partial charge in [0.15, 0.2) is 0 Å². The highest BCUT2D eigenvalue weighted by Gasteiger charge is 2.37. The molecule has 0 atom stereocenters. The minimum absolute atomic E-state index is 0. The van der Waals surface area contributed by atoms with Crippen molar-refractivity contribution in [2.24, 2.45) is 0 Å². The van der Waals surface area contributed by atoms with Gasteiger partial charge < -0.3 is 26.2 Å². The van der Waals surface area contributed by atoms with Crippen LogP contribution in [0, 0.1) is 0 Å². The van der Waals surface area contributed by atoms with Crippen LogP contribution in [0.3, 0.4) is 0 Å². The van der Waals surface area contributed by atoms with Crippen molar-refractivity contribution < 1.29 is 26.2 Å².